The van der Waals surface area contributed by atoms with Gasteiger partial charge < -0.3 is 9.30 Å². The molecule has 4 nitrogen and oxygen atoms in total. The molecule has 1 heterocycles. The molecule has 0 N–H and O–H groups in total. The predicted molar refractivity (Wildman–Crippen MR) is 70.4 cm³/mol. The van der Waals surface area contributed by atoms with Crippen molar-refractivity contribution in [3.05, 3.63) is 23.0 Å². The van der Waals surface area contributed by atoms with Crippen LogP contribution in [0.3, 0.4) is 0 Å². The fourth-order valence-electron chi connectivity index (χ4n) is 2.81. The van der Waals surface area contributed by atoms with Crippen LogP contribution in [-0.2, 0) is 17.7 Å². The molecule has 4 heteroatoms. The van der Waals surface area contributed by atoms with Crippen LogP contribution in [0.5, 0.6) is 0 Å². The molecule has 1 saturated carbocycles. The molecular formula is C15H19NO3. The maximum Gasteiger partial charge on any atom is 0.354 e. The van der Waals surface area contributed by atoms with Gasteiger partial charge in [0.15, 0.2) is 5.78 Å². The van der Waals surface area contributed by atoms with Gasteiger partial charge in [0.2, 0.25) is 0 Å². The van der Waals surface area contributed by atoms with Gasteiger partial charge in [-0.15, -0.1) is 0 Å². The van der Waals surface area contributed by atoms with Gasteiger partial charge in [-0.05, 0) is 50.2 Å². The monoisotopic (exact) mass is 261 g/mol. The van der Waals surface area contributed by atoms with E-state index in [0.717, 1.165) is 30.6 Å². The highest BCUT2D eigenvalue weighted by molar-refractivity contribution is 6.00. The minimum atomic E-state index is -0.301. The van der Waals surface area contributed by atoms with Gasteiger partial charge in [-0.25, -0.2) is 4.79 Å². The molecule has 0 saturated heterocycles. The third-order valence-corrected chi connectivity index (χ3v) is 3.91. The van der Waals surface area contributed by atoms with Crippen LogP contribution in [0.2, 0.25) is 0 Å². The van der Waals surface area contributed by atoms with Gasteiger partial charge in [0, 0.05) is 13.0 Å². The van der Waals surface area contributed by atoms with E-state index in [9.17, 15) is 9.59 Å². The van der Waals surface area contributed by atoms with Gasteiger partial charge in [-0.1, -0.05) is 0 Å². The van der Waals surface area contributed by atoms with Gasteiger partial charge in [0.1, 0.15) is 5.69 Å². The standard InChI is InChI=1S/C15H19NO3/c1-2-19-15(18)12-8-11-4-3-5-13(17)14(11)16(12)9-10-6-7-10/h8,10H,2-7,9H2,1H3. The Kier molecular flexibility index (Phi) is 3.17. The van der Waals surface area contributed by atoms with Crippen LogP contribution in [0.25, 0.3) is 0 Å². The molecule has 2 aliphatic rings. The van der Waals surface area contributed by atoms with E-state index in [-0.39, 0.29) is 11.8 Å². The molecular weight excluding hydrogens is 242 g/mol. The Morgan fingerprint density at radius 3 is 2.89 bits per heavy atom. The Balaban J connectivity index is 2.01. The number of Topliss-reactive ketones (excluding diaryl/α,β-unsaturated/α-hetero) is 1. The first-order valence-electron chi connectivity index (χ1n) is 7.13. The van der Waals surface area contributed by atoms with Crippen LogP contribution < -0.4 is 0 Å². The number of esters is 1. The highest BCUT2D eigenvalue weighted by atomic mass is 16.5. The lowest BCUT2D eigenvalue weighted by Gasteiger charge is -2.15. The second-order valence-electron chi connectivity index (χ2n) is 5.45. The lowest BCUT2D eigenvalue weighted by molar-refractivity contribution is 0.0513. The summed E-state index contributed by atoms with van der Waals surface area (Å²) in [7, 11) is 0. The van der Waals surface area contributed by atoms with Crippen molar-refractivity contribution in [2.24, 2.45) is 5.92 Å². The Hall–Kier alpha value is -1.58. The van der Waals surface area contributed by atoms with E-state index >= 15 is 0 Å². The topological polar surface area (TPSA) is 48.3 Å². The summed E-state index contributed by atoms with van der Waals surface area (Å²) in [5.41, 5.74) is 2.36. The molecule has 0 spiro atoms. The summed E-state index contributed by atoms with van der Waals surface area (Å²) in [4.78, 5) is 24.2. The molecule has 0 radical (unpaired) electrons. The van der Waals surface area contributed by atoms with Crippen LogP contribution in [0.15, 0.2) is 6.07 Å². The minimum Gasteiger partial charge on any atom is -0.461 e. The van der Waals surface area contributed by atoms with Crippen LogP contribution in [0.1, 0.15) is 59.1 Å². The molecule has 0 aromatic carbocycles. The fraction of sp³-hybridized carbons (Fsp3) is 0.600. The van der Waals surface area contributed by atoms with Crippen molar-refractivity contribution in [3.63, 3.8) is 0 Å². The smallest absolute Gasteiger partial charge is 0.354 e. The number of hydrogen-bond acceptors (Lipinski definition) is 3. The first-order chi connectivity index (χ1) is 9.20. The van der Waals surface area contributed by atoms with Crippen molar-refractivity contribution >= 4 is 11.8 Å². The Morgan fingerprint density at radius 1 is 1.42 bits per heavy atom. The van der Waals surface area contributed by atoms with Crippen LogP contribution in [0, 0.1) is 5.92 Å². The zero-order chi connectivity index (χ0) is 13.4. The molecule has 0 aliphatic heterocycles. The summed E-state index contributed by atoms with van der Waals surface area (Å²) in [5, 5.41) is 0. The van der Waals surface area contributed by atoms with Gasteiger partial charge >= 0.3 is 5.97 Å². The SMILES string of the molecule is CCOC(=O)c1cc2c(n1CC1CC1)C(=O)CCC2. The number of carbonyl (C=O) groups is 2. The Morgan fingerprint density at radius 2 is 2.21 bits per heavy atom. The van der Waals surface area contributed by atoms with E-state index in [1.807, 2.05) is 10.6 Å². The van der Waals surface area contributed by atoms with Crippen molar-refractivity contribution in [3.8, 4) is 0 Å². The maximum absolute atomic E-state index is 12.1. The minimum absolute atomic E-state index is 0.178. The summed E-state index contributed by atoms with van der Waals surface area (Å²) in [6.45, 7) is 2.96. The van der Waals surface area contributed by atoms with E-state index in [1.54, 1.807) is 6.92 Å². The number of fused-ring (bicyclic) bond motifs is 1. The number of ketones is 1. The molecule has 19 heavy (non-hydrogen) atoms. The molecule has 0 atom stereocenters. The Bertz CT molecular complexity index is 526. The summed E-state index contributed by atoms with van der Waals surface area (Å²) in [5.74, 6) is 0.502. The van der Waals surface area contributed by atoms with Gasteiger partial charge in [-0.3, -0.25) is 4.79 Å². The first-order valence-corrected chi connectivity index (χ1v) is 7.13. The van der Waals surface area contributed by atoms with Crippen molar-refractivity contribution in [1.82, 2.24) is 4.57 Å². The molecule has 1 aromatic heterocycles. The molecule has 0 unspecified atom stereocenters. The number of rotatable bonds is 4. The van der Waals surface area contributed by atoms with Crippen molar-refractivity contribution in [2.45, 2.75) is 45.6 Å². The number of aromatic nitrogens is 1. The second-order valence-corrected chi connectivity index (χ2v) is 5.45. The largest absolute Gasteiger partial charge is 0.461 e. The summed E-state index contributed by atoms with van der Waals surface area (Å²) in [6.07, 6.45) is 4.78. The molecule has 1 fully saturated rings. The highest BCUT2D eigenvalue weighted by Gasteiger charge is 2.31. The van der Waals surface area contributed by atoms with E-state index < -0.39 is 0 Å². The molecule has 1 aromatic rings. The number of carbonyl (C=O) groups excluding carboxylic acids is 2. The zero-order valence-corrected chi connectivity index (χ0v) is 11.3. The second kappa shape index (κ2) is 4.83. The van der Waals surface area contributed by atoms with Gasteiger partial charge in [0.25, 0.3) is 0 Å². The third kappa shape index (κ3) is 2.31. The lowest BCUT2D eigenvalue weighted by atomic mass is 9.97. The average molecular weight is 261 g/mol. The third-order valence-electron chi connectivity index (χ3n) is 3.91. The van der Waals surface area contributed by atoms with Crippen LogP contribution in [-0.4, -0.2) is 22.9 Å². The highest BCUT2D eigenvalue weighted by Crippen LogP contribution is 2.34. The van der Waals surface area contributed by atoms with Gasteiger partial charge in [0.05, 0.1) is 12.3 Å². The van der Waals surface area contributed by atoms with E-state index in [1.165, 1.54) is 12.8 Å². The number of nitrogens with zero attached hydrogens (tertiary/aromatic N) is 1. The van der Waals surface area contributed by atoms with Gasteiger partial charge in [-0.2, -0.15) is 0 Å². The number of hydrogen-bond donors (Lipinski definition) is 0. The molecule has 0 amide bonds. The lowest BCUT2D eigenvalue weighted by Crippen LogP contribution is -2.19. The first kappa shape index (κ1) is 12.5. The van der Waals surface area contributed by atoms with Crippen LogP contribution >= 0.6 is 0 Å². The van der Waals surface area contributed by atoms with E-state index in [4.69, 9.17) is 4.74 Å². The Labute approximate surface area is 112 Å². The van der Waals surface area contributed by atoms with E-state index in [2.05, 4.69) is 0 Å². The van der Waals surface area contributed by atoms with Crippen molar-refractivity contribution in [2.75, 3.05) is 6.61 Å². The van der Waals surface area contributed by atoms with Crippen molar-refractivity contribution in [1.29, 1.82) is 0 Å². The van der Waals surface area contributed by atoms with Crippen molar-refractivity contribution < 1.29 is 14.3 Å². The molecule has 2 aliphatic carbocycles. The fourth-order valence-corrected chi connectivity index (χ4v) is 2.81. The normalized spacial score (nSPS) is 18.3. The summed E-state index contributed by atoms with van der Waals surface area (Å²) in [6, 6.07) is 1.87. The number of ether oxygens (including phenoxy) is 1. The van der Waals surface area contributed by atoms with Crippen LogP contribution in [0.4, 0.5) is 0 Å². The molecule has 102 valence electrons. The number of aryl methyl sites for hydroxylation is 1. The zero-order valence-electron chi connectivity index (χ0n) is 11.3. The quantitative estimate of drug-likeness (QED) is 0.783. The maximum atomic E-state index is 12.1. The average Bonchev–Trinajstić information content (AvgIpc) is 3.11. The summed E-state index contributed by atoms with van der Waals surface area (Å²) >= 11 is 0. The summed E-state index contributed by atoms with van der Waals surface area (Å²) < 4.78 is 7.04. The predicted octanol–water partition coefficient (Wildman–Crippen LogP) is 2.59. The molecule has 0 bridgehead atoms. The molecule has 3 rings (SSSR count). The van der Waals surface area contributed by atoms with E-state index in [0.29, 0.717) is 24.6 Å².